The molecule has 1 saturated heterocycles. The lowest BCUT2D eigenvalue weighted by Gasteiger charge is -2.38. The summed E-state index contributed by atoms with van der Waals surface area (Å²) in [5.74, 6) is 0.623. The Kier molecular flexibility index (Phi) is 3.99. The van der Waals surface area contributed by atoms with E-state index in [9.17, 15) is 0 Å². The van der Waals surface area contributed by atoms with Crippen molar-refractivity contribution in [1.29, 1.82) is 0 Å². The summed E-state index contributed by atoms with van der Waals surface area (Å²) in [6.07, 6.45) is 6.86. The standard InChI is InChI=1S/C15H23N3O/c16-13-3-6-15(17-11-13)12-1-4-14(5-2-12)18-7-9-19-10-8-18/h3,6,11-12,14H,1-2,4-5,7-10,16H2/t12-,14+. The van der Waals surface area contributed by atoms with Crippen LogP contribution in [-0.2, 0) is 4.74 Å². The fourth-order valence-electron chi connectivity index (χ4n) is 3.34. The number of nitrogen functional groups attached to an aromatic ring is 1. The molecule has 4 nitrogen and oxygen atoms in total. The maximum Gasteiger partial charge on any atom is 0.0594 e. The van der Waals surface area contributed by atoms with Gasteiger partial charge in [-0.15, -0.1) is 0 Å². The molecular formula is C15H23N3O. The average Bonchev–Trinajstić information content (AvgIpc) is 2.49. The van der Waals surface area contributed by atoms with Gasteiger partial charge < -0.3 is 10.5 Å². The van der Waals surface area contributed by atoms with Gasteiger partial charge in [-0.25, -0.2) is 0 Å². The van der Waals surface area contributed by atoms with Crippen LogP contribution in [0.2, 0.25) is 0 Å². The van der Waals surface area contributed by atoms with Crippen LogP contribution in [0.1, 0.15) is 37.3 Å². The zero-order valence-electron chi connectivity index (χ0n) is 11.4. The summed E-state index contributed by atoms with van der Waals surface area (Å²) >= 11 is 0. The van der Waals surface area contributed by atoms with E-state index >= 15 is 0 Å². The topological polar surface area (TPSA) is 51.4 Å². The van der Waals surface area contributed by atoms with E-state index in [0.29, 0.717) is 5.92 Å². The molecule has 2 aliphatic rings. The summed E-state index contributed by atoms with van der Waals surface area (Å²) in [6.45, 7) is 4.02. The molecule has 0 amide bonds. The summed E-state index contributed by atoms with van der Waals surface area (Å²) < 4.78 is 5.43. The third kappa shape index (κ3) is 3.07. The van der Waals surface area contributed by atoms with Gasteiger partial charge in [0.1, 0.15) is 0 Å². The van der Waals surface area contributed by atoms with Crippen LogP contribution in [0.15, 0.2) is 18.3 Å². The van der Waals surface area contributed by atoms with Crippen molar-refractivity contribution in [2.45, 2.75) is 37.6 Å². The van der Waals surface area contributed by atoms with Gasteiger partial charge in [0, 0.05) is 30.7 Å². The molecule has 1 aliphatic heterocycles. The molecule has 2 heterocycles. The highest BCUT2D eigenvalue weighted by atomic mass is 16.5. The van der Waals surface area contributed by atoms with Gasteiger partial charge >= 0.3 is 0 Å². The predicted molar refractivity (Wildman–Crippen MR) is 76.0 cm³/mol. The summed E-state index contributed by atoms with van der Waals surface area (Å²) in [6, 6.07) is 4.82. The summed E-state index contributed by atoms with van der Waals surface area (Å²) in [4.78, 5) is 7.09. The van der Waals surface area contributed by atoms with E-state index in [1.807, 2.05) is 6.07 Å². The number of ether oxygens (including phenoxy) is 1. The SMILES string of the molecule is Nc1ccc([C@H]2CC[C@@H](N3CCOCC3)CC2)nc1. The van der Waals surface area contributed by atoms with E-state index < -0.39 is 0 Å². The van der Waals surface area contributed by atoms with Crippen molar-refractivity contribution < 1.29 is 4.74 Å². The van der Waals surface area contributed by atoms with Gasteiger partial charge in [0.05, 0.1) is 25.1 Å². The third-order valence-electron chi connectivity index (χ3n) is 4.49. The van der Waals surface area contributed by atoms with Crippen molar-refractivity contribution >= 4 is 5.69 Å². The molecule has 0 bridgehead atoms. The maximum atomic E-state index is 5.69. The molecule has 19 heavy (non-hydrogen) atoms. The van der Waals surface area contributed by atoms with E-state index in [4.69, 9.17) is 10.5 Å². The number of rotatable bonds is 2. The summed E-state index contributed by atoms with van der Waals surface area (Å²) in [5, 5.41) is 0. The zero-order valence-corrected chi connectivity index (χ0v) is 11.4. The number of morpholine rings is 1. The molecule has 0 atom stereocenters. The van der Waals surface area contributed by atoms with Crippen LogP contribution in [-0.4, -0.2) is 42.2 Å². The van der Waals surface area contributed by atoms with Gasteiger partial charge in [-0.3, -0.25) is 9.88 Å². The molecule has 4 heteroatoms. The van der Waals surface area contributed by atoms with Crippen LogP contribution in [0.5, 0.6) is 0 Å². The Balaban J connectivity index is 1.55. The monoisotopic (exact) mass is 261 g/mol. The molecule has 0 spiro atoms. The highest BCUT2D eigenvalue weighted by Crippen LogP contribution is 2.34. The van der Waals surface area contributed by atoms with E-state index in [0.717, 1.165) is 38.0 Å². The molecule has 0 unspecified atom stereocenters. The first kappa shape index (κ1) is 12.9. The molecule has 2 N–H and O–H groups in total. The van der Waals surface area contributed by atoms with Gasteiger partial charge in [0.25, 0.3) is 0 Å². The smallest absolute Gasteiger partial charge is 0.0594 e. The number of aromatic nitrogens is 1. The Bertz CT molecular complexity index is 392. The lowest BCUT2D eigenvalue weighted by molar-refractivity contribution is 0.00721. The highest BCUT2D eigenvalue weighted by molar-refractivity contribution is 5.35. The van der Waals surface area contributed by atoms with Gasteiger partial charge in [0.15, 0.2) is 0 Å². The van der Waals surface area contributed by atoms with Crippen LogP contribution in [0.25, 0.3) is 0 Å². The van der Waals surface area contributed by atoms with Crippen LogP contribution in [0.4, 0.5) is 5.69 Å². The van der Waals surface area contributed by atoms with Crippen molar-refractivity contribution in [3.63, 3.8) is 0 Å². The Morgan fingerprint density at radius 1 is 1.11 bits per heavy atom. The van der Waals surface area contributed by atoms with Crippen molar-refractivity contribution in [1.82, 2.24) is 9.88 Å². The number of hydrogen-bond acceptors (Lipinski definition) is 4. The zero-order chi connectivity index (χ0) is 13.1. The first-order valence-corrected chi connectivity index (χ1v) is 7.36. The summed E-state index contributed by atoms with van der Waals surface area (Å²) in [5.41, 5.74) is 7.67. The minimum atomic E-state index is 0.623. The molecule has 104 valence electrons. The number of nitrogens with zero attached hydrogens (tertiary/aromatic N) is 2. The molecule has 0 aromatic carbocycles. The second kappa shape index (κ2) is 5.88. The Morgan fingerprint density at radius 2 is 1.84 bits per heavy atom. The van der Waals surface area contributed by atoms with Gasteiger partial charge in [0.2, 0.25) is 0 Å². The van der Waals surface area contributed by atoms with Crippen molar-refractivity contribution in [3.05, 3.63) is 24.0 Å². The molecule has 1 aromatic heterocycles. The Hall–Kier alpha value is -1.13. The Morgan fingerprint density at radius 3 is 2.47 bits per heavy atom. The number of hydrogen-bond donors (Lipinski definition) is 1. The van der Waals surface area contributed by atoms with E-state index in [2.05, 4.69) is 16.0 Å². The minimum Gasteiger partial charge on any atom is -0.397 e. The summed E-state index contributed by atoms with van der Waals surface area (Å²) in [7, 11) is 0. The van der Waals surface area contributed by atoms with Gasteiger partial charge in [-0.05, 0) is 37.8 Å². The fourth-order valence-corrected chi connectivity index (χ4v) is 3.34. The first-order chi connectivity index (χ1) is 9.33. The minimum absolute atomic E-state index is 0.623. The average molecular weight is 261 g/mol. The van der Waals surface area contributed by atoms with Crippen molar-refractivity contribution in [2.24, 2.45) is 0 Å². The fraction of sp³-hybridized carbons (Fsp3) is 0.667. The Labute approximate surface area is 115 Å². The lowest BCUT2D eigenvalue weighted by Crippen LogP contribution is -2.44. The lowest BCUT2D eigenvalue weighted by atomic mass is 9.83. The maximum absolute atomic E-state index is 5.69. The van der Waals surface area contributed by atoms with Crippen LogP contribution >= 0.6 is 0 Å². The normalized spacial score (nSPS) is 29.3. The first-order valence-electron chi connectivity index (χ1n) is 7.36. The molecule has 2 fully saturated rings. The number of anilines is 1. The quantitative estimate of drug-likeness (QED) is 0.885. The molecule has 0 radical (unpaired) electrons. The van der Waals surface area contributed by atoms with Crippen molar-refractivity contribution in [2.75, 3.05) is 32.0 Å². The van der Waals surface area contributed by atoms with Crippen LogP contribution in [0.3, 0.4) is 0 Å². The molecule has 1 aromatic rings. The molecule has 1 aliphatic carbocycles. The van der Waals surface area contributed by atoms with Crippen LogP contribution in [0, 0.1) is 0 Å². The highest BCUT2D eigenvalue weighted by Gasteiger charge is 2.27. The van der Waals surface area contributed by atoms with Gasteiger partial charge in [-0.1, -0.05) is 0 Å². The number of pyridine rings is 1. The number of nitrogens with two attached hydrogens (primary N) is 1. The second-order valence-corrected chi connectivity index (χ2v) is 5.67. The molecular weight excluding hydrogens is 238 g/mol. The van der Waals surface area contributed by atoms with E-state index in [1.54, 1.807) is 6.20 Å². The second-order valence-electron chi connectivity index (χ2n) is 5.67. The van der Waals surface area contributed by atoms with E-state index in [1.165, 1.54) is 31.4 Å². The van der Waals surface area contributed by atoms with E-state index in [-0.39, 0.29) is 0 Å². The predicted octanol–water partition coefficient (Wildman–Crippen LogP) is 2.02. The largest absolute Gasteiger partial charge is 0.397 e. The molecule has 3 rings (SSSR count). The molecule has 1 saturated carbocycles. The van der Waals surface area contributed by atoms with Crippen molar-refractivity contribution in [3.8, 4) is 0 Å². The third-order valence-corrected chi connectivity index (χ3v) is 4.49. The van der Waals surface area contributed by atoms with Crippen LogP contribution < -0.4 is 5.73 Å². The van der Waals surface area contributed by atoms with Gasteiger partial charge in [-0.2, -0.15) is 0 Å².